The molecule has 0 amide bonds. The van der Waals surface area contributed by atoms with Gasteiger partial charge in [0.25, 0.3) is 10.0 Å². The minimum absolute atomic E-state index is 0.349. The molecular weight excluding hydrogens is 398 g/mol. The Bertz CT molecular complexity index is 1050. The minimum atomic E-state index is -3.62. The molecule has 1 aliphatic carbocycles. The number of nitrogens with zero attached hydrogens (tertiary/aromatic N) is 1. The molecule has 5 heteroatoms. The summed E-state index contributed by atoms with van der Waals surface area (Å²) in [7, 11) is -3.62. The highest BCUT2D eigenvalue weighted by atomic mass is 79.9. The predicted octanol–water partition coefficient (Wildman–Crippen LogP) is 5.22. The topological polar surface area (TPSA) is 39.1 Å². The first-order valence-corrected chi connectivity index (χ1v) is 10.9. The molecule has 25 heavy (non-hydrogen) atoms. The Morgan fingerprint density at radius 2 is 1.68 bits per heavy atom. The highest BCUT2D eigenvalue weighted by Gasteiger charge is 2.27. The van der Waals surface area contributed by atoms with Gasteiger partial charge in [0, 0.05) is 15.6 Å². The number of halogens is 1. The molecule has 1 aliphatic rings. The van der Waals surface area contributed by atoms with Crippen LogP contribution in [0.4, 0.5) is 0 Å². The smallest absolute Gasteiger partial charge is 0.238 e. The fourth-order valence-electron chi connectivity index (χ4n) is 3.74. The van der Waals surface area contributed by atoms with E-state index in [1.165, 1.54) is 5.56 Å². The van der Waals surface area contributed by atoms with E-state index in [1.54, 1.807) is 16.1 Å². The Morgan fingerprint density at radius 1 is 0.960 bits per heavy atom. The molecule has 0 saturated carbocycles. The van der Waals surface area contributed by atoms with Gasteiger partial charge in [0.1, 0.15) is 0 Å². The molecule has 4 rings (SSSR count). The molecule has 0 aliphatic heterocycles. The molecule has 0 fully saturated rings. The molecule has 0 unspecified atom stereocenters. The van der Waals surface area contributed by atoms with Crippen molar-refractivity contribution in [3.63, 3.8) is 0 Å². The molecule has 0 N–H and O–H groups in total. The van der Waals surface area contributed by atoms with E-state index in [0.717, 1.165) is 58.7 Å². The Hall–Kier alpha value is -1.59. The summed E-state index contributed by atoms with van der Waals surface area (Å²) in [6, 6.07) is 13.1. The molecular formula is C20H20BrNO2S. The van der Waals surface area contributed by atoms with Gasteiger partial charge in [-0.3, -0.25) is 0 Å². The Labute approximate surface area is 156 Å². The molecule has 0 saturated heterocycles. The molecule has 1 aromatic heterocycles. The van der Waals surface area contributed by atoms with Crippen LogP contribution in [0.3, 0.4) is 0 Å². The third kappa shape index (κ3) is 2.83. The average molecular weight is 418 g/mol. The van der Waals surface area contributed by atoms with Crippen molar-refractivity contribution in [2.75, 3.05) is 0 Å². The second-order valence-electron chi connectivity index (χ2n) is 6.73. The fourth-order valence-corrected chi connectivity index (χ4v) is 5.69. The van der Waals surface area contributed by atoms with Gasteiger partial charge >= 0.3 is 0 Å². The van der Waals surface area contributed by atoms with Gasteiger partial charge in [-0.05, 0) is 62.4 Å². The molecule has 0 radical (unpaired) electrons. The third-order valence-corrected chi connectivity index (χ3v) is 7.26. The van der Waals surface area contributed by atoms with Crippen LogP contribution in [-0.2, 0) is 22.9 Å². The number of hydrogen-bond acceptors (Lipinski definition) is 2. The summed E-state index contributed by atoms with van der Waals surface area (Å²) < 4.78 is 29.4. The van der Waals surface area contributed by atoms with E-state index in [-0.39, 0.29) is 0 Å². The standard InChI is InChI=1S/C20H20BrNO2S/c1-14-7-10-16(11-8-14)25(23,24)22-19-6-4-2-3-5-17(19)18-12-9-15(21)13-20(18)22/h7-13H,2-6H2,1H3. The predicted molar refractivity (Wildman–Crippen MR) is 105 cm³/mol. The number of aryl methyl sites for hydroxylation is 2. The highest BCUT2D eigenvalue weighted by molar-refractivity contribution is 9.10. The number of aromatic nitrogens is 1. The summed E-state index contributed by atoms with van der Waals surface area (Å²) in [5.41, 5.74) is 4.00. The Morgan fingerprint density at radius 3 is 2.44 bits per heavy atom. The minimum Gasteiger partial charge on any atom is -0.238 e. The van der Waals surface area contributed by atoms with Crippen molar-refractivity contribution in [3.05, 3.63) is 63.8 Å². The van der Waals surface area contributed by atoms with E-state index in [1.807, 2.05) is 37.3 Å². The van der Waals surface area contributed by atoms with Crippen LogP contribution >= 0.6 is 15.9 Å². The summed E-state index contributed by atoms with van der Waals surface area (Å²) in [5.74, 6) is 0. The van der Waals surface area contributed by atoms with Crippen LogP contribution in [0.25, 0.3) is 10.9 Å². The van der Waals surface area contributed by atoms with Gasteiger partial charge in [-0.25, -0.2) is 12.4 Å². The van der Waals surface area contributed by atoms with Gasteiger partial charge in [0.15, 0.2) is 0 Å². The van der Waals surface area contributed by atoms with Gasteiger partial charge in [0.05, 0.1) is 10.4 Å². The average Bonchev–Trinajstić information content (AvgIpc) is 2.72. The van der Waals surface area contributed by atoms with Gasteiger partial charge in [-0.1, -0.05) is 46.1 Å². The second-order valence-corrected chi connectivity index (χ2v) is 9.43. The van der Waals surface area contributed by atoms with E-state index in [9.17, 15) is 8.42 Å². The van der Waals surface area contributed by atoms with Gasteiger partial charge in [-0.2, -0.15) is 0 Å². The SMILES string of the molecule is Cc1ccc(S(=O)(=O)n2c3c(c4ccc(Br)cc42)CCCCC3)cc1. The summed E-state index contributed by atoms with van der Waals surface area (Å²) in [6.07, 6.45) is 5.06. The zero-order valence-corrected chi connectivity index (χ0v) is 16.5. The van der Waals surface area contributed by atoms with E-state index in [4.69, 9.17) is 0 Å². The number of hydrogen-bond donors (Lipinski definition) is 0. The summed E-state index contributed by atoms with van der Waals surface area (Å²) in [5, 5.41) is 1.07. The third-order valence-electron chi connectivity index (χ3n) is 5.00. The van der Waals surface area contributed by atoms with E-state index in [2.05, 4.69) is 15.9 Å². The van der Waals surface area contributed by atoms with Gasteiger partial charge in [-0.15, -0.1) is 0 Å². The van der Waals surface area contributed by atoms with Crippen LogP contribution in [0, 0.1) is 6.92 Å². The maximum Gasteiger partial charge on any atom is 0.268 e. The first-order valence-electron chi connectivity index (χ1n) is 8.62. The molecule has 0 spiro atoms. The van der Waals surface area contributed by atoms with Gasteiger partial charge < -0.3 is 0 Å². The fraction of sp³-hybridized carbons (Fsp3) is 0.300. The lowest BCUT2D eigenvalue weighted by atomic mass is 10.1. The lowest BCUT2D eigenvalue weighted by Gasteiger charge is -2.12. The van der Waals surface area contributed by atoms with E-state index >= 15 is 0 Å². The quantitative estimate of drug-likeness (QED) is 0.536. The van der Waals surface area contributed by atoms with Crippen molar-refractivity contribution in [2.24, 2.45) is 0 Å². The van der Waals surface area contributed by atoms with Crippen LogP contribution in [0.5, 0.6) is 0 Å². The monoisotopic (exact) mass is 417 g/mol. The first-order chi connectivity index (χ1) is 12.0. The summed E-state index contributed by atoms with van der Waals surface area (Å²) in [6.45, 7) is 1.96. The second kappa shape index (κ2) is 6.29. The maximum absolute atomic E-state index is 13.5. The van der Waals surface area contributed by atoms with Crippen molar-refractivity contribution in [1.82, 2.24) is 3.97 Å². The van der Waals surface area contributed by atoms with Crippen molar-refractivity contribution in [2.45, 2.75) is 43.9 Å². The molecule has 0 bridgehead atoms. The van der Waals surface area contributed by atoms with Crippen LogP contribution in [0.15, 0.2) is 51.8 Å². The van der Waals surface area contributed by atoms with Gasteiger partial charge in [0.2, 0.25) is 0 Å². The molecule has 0 atom stereocenters. The first kappa shape index (κ1) is 16.9. The number of benzene rings is 2. The summed E-state index contributed by atoms with van der Waals surface area (Å²) >= 11 is 3.50. The molecule has 3 nitrogen and oxygen atoms in total. The van der Waals surface area contributed by atoms with Crippen molar-refractivity contribution >= 4 is 36.9 Å². The Balaban J connectivity index is 2.04. The molecule has 3 aromatic rings. The molecule has 1 heterocycles. The van der Waals surface area contributed by atoms with Crippen molar-refractivity contribution in [1.29, 1.82) is 0 Å². The van der Waals surface area contributed by atoms with Crippen molar-refractivity contribution in [3.8, 4) is 0 Å². The molecule has 2 aromatic carbocycles. The van der Waals surface area contributed by atoms with Crippen LogP contribution in [0.1, 0.15) is 36.1 Å². The lowest BCUT2D eigenvalue weighted by Crippen LogP contribution is -2.16. The lowest BCUT2D eigenvalue weighted by molar-refractivity contribution is 0.586. The van der Waals surface area contributed by atoms with Crippen LogP contribution in [0.2, 0.25) is 0 Å². The zero-order valence-electron chi connectivity index (χ0n) is 14.1. The normalized spacial score (nSPS) is 15.1. The largest absolute Gasteiger partial charge is 0.268 e. The van der Waals surface area contributed by atoms with E-state index < -0.39 is 10.0 Å². The maximum atomic E-state index is 13.5. The van der Waals surface area contributed by atoms with E-state index in [0.29, 0.717) is 4.90 Å². The zero-order chi connectivity index (χ0) is 17.6. The Kier molecular flexibility index (Phi) is 4.24. The van der Waals surface area contributed by atoms with Crippen molar-refractivity contribution < 1.29 is 8.42 Å². The number of fused-ring (bicyclic) bond motifs is 3. The van der Waals surface area contributed by atoms with Crippen LogP contribution < -0.4 is 0 Å². The highest BCUT2D eigenvalue weighted by Crippen LogP contribution is 2.35. The van der Waals surface area contributed by atoms with Crippen LogP contribution in [-0.4, -0.2) is 12.4 Å². The molecule has 130 valence electrons. The number of rotatable bonds is 2. The summed E-state index contributed by atoms with van der Waals surface area (Å²) in [4.78, 5) is 0.349.